The summed E-state index contributed by atoms with van der Waals surface area (Å²) in [5, 5.41) is 0. The van der Waals surface area contributed by atoms with Crippen LogP contribution in [0.3, 0.4) is 0 Å². The Hall–Kier alpha value is -1.40. The molecule has 0 aromatic carbocycles. The maximum Gasteiger partial charge on any atom is 0.330 e. The Balaban J connectivity index is 3.15. The zero-order chi connectivity index (χ0) is 10.6. The van der Waals surface area contributed by atoms with Gasteiger partial charge in [0.1, 0.15) is 6.23 Å². The van der Waals surface area contributed by atoms with Crippen molar-refractivity contribution < 1.29 is 4.74 Å². The minimum Gasteiger partial charge on any atom is -0.361 e. The Morgan fingerprint density at radius 3 is 2.86 bits per heavy atom. The SMILES string of the molecule is COC(CCN)n1c(=O)cc[nH]c1=O. The predicted octanol–water partition coefficient (Wildman–Crippen LogP) is -0.970. The van der Waals surface area contributed by atoms with Crippen molar-refractivity contribution in [2.45, 2.75) is 12.6 Å². The fraction of sp³-hybridized carbons (Fsp3) is 0.500. The molecule has 0 fully saturated rings. The fourth-order valence-corrected chi connectivity index (χ4v) is 1.20. The number of nitrogens with one attached hydrogen (secondary N) is 1. The molecular weight excluding hydrogens is 186 g/mol. The van der Waals surface area contributed by atoms with Crippen molar-refractivity contribution in [3.8, 4) is 0 Å². The summed E-state index contributed by atoms with van der Waals surface area (Å²) < 4.78 is 6.01. The highest BCUT2D eigenvalue weighted by molar-refractivity contribution is 4.84. The lowest BCUT2D eigenvalue weighted by Crippen LogP contribution is -2.38. The first-order chi connectivity index (χ1) is 6.70. The van der Waals surface area contributed by atoms with Gasteiger partial charge in [0.05, 0.1) is 0 Å². The molecule has 0 aliphatic carbocycles. The van der Waals surface area contributed by atoms with Crippen LogP contribution in [-0.4, -0.2) is 23.2 Å². The molecule has 3 N–H and O–H groups in total. The molecule has 1 aromatic rings. The van der Waals surface area contributed by atoms with E-state index in [1.165, 1.54) is 19.4 Å². The molecule has 0 saturated heterocycles. The van der Waals surface area contributed by atoms with E-state index in [4.69, 9.17) is 10.5 Å². The Morgan fingerprint density at radius 2 is 2.36 bits per heavy atom. The normalized spacial score (nSPS) is 12.7. The molecule has 0 saturated carbocycles. The van der Waals surface area contributed by atoms with Crippen molar-refractivity contribution in [3.63, 3.8) is 0 Å². The van der Waals surface area contributed by atoms with Gasteiger partial charge in [0.2, 0.25) is 0 Å². The van der Waals surface area contributed by atoms with Crippen LogP contribution in [0.5, 0.6) is 0 Å². The molecule has 1 unspecified atom stereocenters. The fourth-order valence-electron chi connectivity index (χ4n) is 1.20. The molecule has 0 spiro atoms. The van der Waals surface area contributed by atoms with Gasteiger partial charge in [0, 0.05) is 25.8 Å². The minimum absolute atomic E-state index is 0.347. The molecule has 0 radical (unpaired) electrons. The molecule has 0 amide bonds. The zero-order valence-corrected chi connectivity index (χ0v) is 7.90. The van der Waals surface area contributed by atoms with E-state index in [1.807, 2.05) is 0 Å². The highest BCUT2D eigenvalue weighted by Crippen LogP contribution is 2.04. The standard InChI is InChI=1S/C8H13N3O3/c1-14-7(2-4-9)11-6(12)3-5-10-8(11)13/h3,5,7H,2,4,9H2,1H3,(H,10,13). The van der Waals surface area contributed by atoms with Crippen LogP contribution in [0.25, 0.3) is 0 Å². The molecule has 6 nitrogen and oxygen atoms in total. The Bertz CT molecular complexity index is 367. The van der Waals surface area contributed by atoms with Crippen molar-refractivity contribution in [2.24, 2.45) is 5.73 Å². The average molecular weight is 199 g/mol. The summed E-state index contributed by atoms with van der Waals surface area (Å²) in [6.45, 7) is 0.347. The van der Waals surface area contributed by atoms with Crippen LogP contribution in [0.2, 0.25) is 0 Å². The number of rotatable bonds is 4. The maximum absolute atomic E-state index is 11.3. The summed E-state index contributed by atoms with van der Waals surface area (Å²) in [4.78, 5) is 25.0. The second-order valence-electron chi connectivity index (χ2n) is 2.76. The summed E-state index contributed by atoms with van der Waals surface area (Å²) in [6, 6.07) is 1.27. The number of aromatic amines is 1. The summed E-state index contributed by atoms with van der Waals surface area (Å²) in [5.41, 5.74) is 4.45. The number of hydrogen-bond donors (Lipinski definition) is 2. The lowest BCUT2D eigenvalue weighted by molar-refractivity contribution is 0.0325. The van der Waals surface area contributed by atoms with Crippen LogP contribution in [-0.2, 0) is 4.74 Å². The van der Waals surface area contributed by atoms with Crippen LogP contribution in [0.1, 0.15) is 12.6 Å². The highest BCUT2D eigenvalue weighted by Gasteiger charge is 2.12. The van der Waals surface area contributed by atoms with Gasteiger partial charge in [-0.2, -0.15) is 0 Å². The van der Waals surface area contributed by atoms with Crippen molar-refractivity contribution in [1.82, 2.24) is 9.55 Å². The Kier molecular flexibility index (Phi) is 3.61. The maximum atomic E-state index is 11.3. The molecule has 78 valence electrons. The quantitative estimate of drug-likeness (QED) is 0.652. The molecule has 1 aromatic heterocycles. The van der Waals surface area contributed by atoms with Gasteiger partial charge in [-0.15, -0.1) is 0 Å². The lowest BCUT2D eigenvalue weighted by atomic mass is 10.3. The number of aromatic nitrogens is 2. The van der Waals surface area contributed by atoms with Gasteiger partial charge >= 0.3 is 5.69 Å². The molecule has 0 bridgehead atoms. The monoisotopic (exact) mass is 199 g/mol. The van der Waals surface area contributed by atoms with E-state index in [0.717, 1.165) is 4.57 Å². The van der Waals surface area contributed by atoms with Crippen LogP contribution < -0.4 is 17.0 Å². The van der Waals surface area contributed by atoms with Gasteiger partial charge in [-0.05, 0) is 6.54 Å². The molecular formula is C8H13N3O3. The molecule has 1 atom stereocenters. The van der Waals surface area contributed by atoms with Crippen molar-refractivity contribution in [2.75, 3.05) is 13.7 Å². The Morgan fingerprint density at radius 1 is 1.64 bits per heavy atom. The van der Waals surface area contributed by atoms with Crippen molar-refractivity contribution in [1.29, 1.82) is 0 Å². The molecule has 0 aliphatic rings. The van der Waals surface area contributed by atoms with Gasteiger partial charge in [-0.1, -0.05) is 0 Å². The van der Waals surface area contributed by atoms with E-state index in [2.05, 4.69) is 4.98 Å². The van der Waals surface area contributed by atoms with Crippen LogP contribution >= 0.6 is 0 Å². The Labute approximate surface area is 80.3 Å². The zero-order valence-electron chi connectivity index (χ0n) is 7.90. The molecule has 1 rings (SSSR count). The summed E-state index contributed by atoms with van der Waals surface area (Å²) in [7, 11) is 1.43. The first-order valence-electron chi connectivity index (χ1n) is 4.23. The van der Waals surface area contributed by atoms with E-state index in [9.17, 15) is 9.59 Å². The van der Waals surface area contributed by atoms with Gasteiger partial charge in [-0.3, -0.25) is 4.79 Å². The van der Waals surface area contributed by atoms with Crippen LogP contribution in [0, 0.1) is 0 Å². The number of methoxy groups -OCH3 is 1. The molecule has 14 heavy (non-hydrogen) atoms. The summed E-state index contributed by atoms with van der Waals surface area (Å²) in [6.07, 6.45) is 1.12. The first kappa shape index (κ1) is 10.7. The predicted molar refractivity (Wildman–Crippen MR) is 51.0 cm³/mol. The van der Waals surface area contributed by atoms with Gasteiger partial charge in [-0.25, -0.2) is 9.36 Å². The molecule has 0 aliphatic heterocycles. The topological polar surface area (TPSA) is 90.1 Å². The van der Waals surface area contributed by atoms with Gasteiger partial charge in [0.15, 0.2) is 0 Å². The molecule has 6 heteroatoms. The van der Waals surface area contributed by atoms with E-state index in [-0.39, 0.29) is 0 Å². The van der Waals surface area contributed by atoms with Gasteiger partial charge in [0.25, 0.3) is 5.56 Å². The van der Waals surface area contributed by atoms with E-state index in [0.29, 0.717) is 13.0 Å². The minimum atomic E-state index is -0.600. The smallest absolute Gasteiger partial charge is 0.330 e. The number of hydrogen-bond acceptors (Lipinski definition) is 4. The van der Waals surface area contributed by atoms with E-state index in [1.54, 1.807) is 0 Å². The second-order valence-corrected chi connectivity index (χ2v) is 2.76. The third-order valence-electron chi connectivity index (χ3n) is 1.86. The third-order valence-corrected chi connectivity index (χ3v) is 1.86. The van der Waals surface area contributed by atoms with Crippen molar-refractivity contribution >= 4 is 0 Å². The summed E-state index contributed by atoms with van der Waals surface area (Å²) in [5.74, 6) is 0. The number of nitrogens with zero attached hydrogens (tertiary/aromatic N) is 1. The van der Waals surface area contributed by atoms with Crippen molar-refractivity contribution in [3.05, 3.63) is 33.1 Å². The largest absolute Gasteiger partial charge is 0.361 e. The number of nitrogens with two attached hydrogens (primary N) is 1. The van der Waals surface area contributed by atoms with Crippen LogP contribution in [0.15, 0.2) is 21.9 Å². The number of H-pyrrole nitrogens is 1. The first-order valence-corrected chi connectivity index (χ1v) is 4.23. The lowest BCUT2D eigenvalue weighted by Gasteiger charge is -2.15. The molecule has 1 heterocycles. The second kappa shape index (κ2) is 4.73. The highest BCUT2D eigenvalue weighted by atomic mass is 16.5. The van der Waals surface area contributed by atoms with Crippen LogP contribution in [0.4, 0.5) is 0 Å². The van der Waals surface area contributed by atoms with E-state index < -0.39 is 17.5 Å². The summed E-state index contributed by atoms with van der Waals surface area (Å²) >= 11 is 0. The number of ether oxygens (including phenoxy) is 1. The third kappa shape index (κ3) is 2.09. The van der Waals surface area contributed by atoms with E-state index >= 15 is 0 Å². The average Bonchev–Trinajstić information content (AvgIpc) is 2.16. The van der Waals surface area contributed by atoms with Gasteiger partial charge < -0.3 is 15.5 Å².